The minimum absolute atomic E-state index is 0.0611. The number of imidazole rings is 1. The molecule has 0 spiro atoms. The minimum Gasteiger partial charge on any atom is -0.379 e. The Hall–Kier alpha value is -2.78. The Labute approximate surface area is 180 Å². The number of nitrogens with zero attached hydrogens (tertiary/aromatic N) is 6. The van der Waals surface area contributed by atoms with Gasteiger partial charge in [-0.25, -0.2) is 9.67 Å². The van der Waals surface area contributed by atoms with Crippen LogP contribution in [0.4, 0.5) is 0 Å². The molecule has 0 N–H and O–H groups in total. The summed E-state index contributed by atoms with van der Waals surface area (Å²) in [6, 6.07) is 8.03. The Morgan fingerprint density at radius 1 is 1.16 bits per heavy atom. The second-order valence-electron chi connectivity index (χ2n) is 8.62. The van der Waals surface area contributed by atoms with Crippen LogP contribution in [-0.4, -0.2) is 68.8 Å². The number of carbonyl (C=O) groups excluding carboxylic acids is 1. The Balaban J connectivity index is 1.27. The minimum atomic E-state index is 0.0611. The number of amides is 1. The Morgan fingerprint density at radius 2 is 1.97 bits per heavy atom. The van der Waals surface area contributed by atoms with E-state index < -0.39 is 0 Å². The molecule has 0 unspecified atom stereocenters. The van der Waals surface area contributed by atoms with E-state index in [1.54, 1.807) is 20.5 Å². The molecular formula is C22H28N6O3. The fraction of sp³-hybridized carbons (Fsp3) is 0.545. The summed E-state index contributed by atoms with van der Waals surface area (Å²) in [6.07, 6.45) is 5.61. The molecule has 1 saturated carbocycles. The van der Waals surface area contributed by atoms with E-state index in [0.717, 1.165) is 42.7 Å². The maximum Gasteiger partial charge on any atom is 0.242 e. The molecule has 3 heterocycles. The number of methoxy groups -OCH3 is 2. The Bertz CT molecular complexity index is 1060. The summed E-state index contributed by atoms with van der Waals surface area (Å²) >= 11 is 0. The third-order valence-electron chi connectivity index (χ3n) is 6.76. The summed E-state index contributed by atoms with van der Waals surface area (Å²) in [5.74, 6) is 1.04. The zero-order valence-electron chi connectivity index (χ0n) is 17.9. The van der Waals surface area contributed by atoms with E-state index in [9.17, 15) is 4.79 Å². The normalized spacial score (nSPS) is 25.8. The van der Waals surface area contributed by atoms with Gasteiger partial charge in [-0.15, -0.1) is 5.10 Å². The van der Waals surface area contributed by atoms with Gasteiger partial charge in [0.2, 0.25) is 5.91 Å². The molecule has 9 nitrogen and oxygen atoms in total. The molecule has 1 saturated heterocycles. The van der Waals surface area contributed by atoms with Gasteiger partial charge in [0.15, 0.2) is 0 Å². The lowest BCUT2D eigenvalue weighted by molar-refractivity contribution is -0.131. The van der Waals surface area contributed by atoms with E-state index in [2.05, 4.69) is 15.3 Å². The van der Waals surface area contributed by atoms with Crippen molar-refractivity contribution in [2.45, 2.75) is 38.1 Å². The second-order valence-corrected chi connectivity index (χ2v) is 8.62. The van der Waals surface area contributed by atoms with Gasteiger partial charge in [-0.2, -0.15) is 0 Å². The summed E-state index contributed by atoms with van der Waals surface area (Å²) in [7, 11) is 3.41. The quantitative estimate of drug-likeness (QED) is 0.601. The number of aromatic nitrogens is 5. The highest BCUT2D eigenvalue weighted by Gasteiger charge is 2.44. The molecule has 1 amide bonds. The van der Waals surface area contributed by atoms with E-state index in [1.807, 2.05) is 44.6 Å². The summed E-state index contributed by atoms with van der Waals surface area (Å²) in [4.78, 5) is 19.5. The van der Waals surface area contributed by atoms with Gasteiger partial charge < -0.3 is 18.9 Å². The molecule has 2 fully saturated rings. The van der Waals surface area contributed by atoms with Crippen molar-refractivity contribution in [3.05, 3.63) is 42.5 Å². The van der Waals surface area contributed by atoms with E-state index in [0.29, 0.717) is 25.0 Å². The predicted octanol–water partition coefficient (Wildman–Crippen LogP) is 1.90. The number of hydrogen-bond donors (Lipinski definition) is 0. The lowest BCUT2D eigenvalue weighted by atomic mass is 9.77. The standard InChI is InChI=1S/C22H28N6O3/c1-30-13-17-11-28(25-24-17)20-7-15-9-26(10-16(15)8-21(20)31-2)22(29)12-27-14-23-18-5-3-4-6-19(18)27/h3-6,11,14-16,20-21H,7-10,12-13H2,1-2H3/t15-,16+,20-,21-/m1/s1. The van der Waals surface area contributed by atoms with Crippen molar-refractivity contribution in [2.75, 3.05) is 27.3 Å². The van der Waals surface area contributed by atoms with Crippen LogP contribution in [0.15, 0.2) is 36.8 Å². The largest absolute Gasteiger partial charge is 0.379 e. The van der Waals surface area contributed by atoms with Gasteiger partial charge >= 0.3 is 0 Å². The third kappa shape index (κ3) is 3.83. The molecule has 2 aromatic heterocycles. The summed E-state index contributed by atoms with van der Waals surface area (Å²) in [5, 5.41) is 8.52. The average molecular weight is 425 g/mol. The van der Waals surface area contributed by atoms with Crippen LogP contribution >= 0.6 is 0 Å². The predicted molar refractivity (Wildman–Crippen MR) is 113 cm³/mol. The van der Waals surface area contributed by atoms with Crippen LogP contribution in [0.25, 0.3) is 11.0 Å². The zero-order chi connectivity index (χ0) is 21.4. The number of para-hydroxylation sites is 2. The summed E-state index contributed by atoms with van der Waals surface area (Å²) in [6.45, 7) is 2.33. The van der Waals surface area contributed by atoms with Crippen LogP contribution in [0.3, 0.4) is 0 Å². The summed E-state index contributed by atoms with van der Waals surface area (Å²) in [5.41, 5.74) is 2.72. The van der Waals surface area contributed by atoms with Crippen LogP contribution in [-0.2, 0) is 27.4 Å². The molecule has 3 aromatic rings. The van der Waals surface area contributed by atoms with Gasteiger partial charge in [-0.3, -0.25) is 4.79 Å². The van der Waals surface area contributed by atoms with Gasteiger partial charge in [0, 0.05) is 27.3 Å². The zero-order valence-corrected chi connectivity index (χ0v) is 17.9. The monoisotopic (exact) mass is 424 g/mol. The molecule has 164 valence electrons. The second kappa shape index (κ2) is 8.39. The fourth-order valence-electron chi connectivity index (χ4n) is 5.20. The first-order chi connectivity index (χ1) is 15.2. The third-order valence-corrected chi connectivity index (χ3v) is 6.76. The molecule has 1 aliphatic heterocycles. The van der Waals surface area contributed by atoms with Crippen molar-refractivity contribution >= 4 is 16.9 Å². The number of carbonyl (C=O) groups is 1. The van der Waals surface area contributed by atoms with Gasteiger partial charge in [-0.05, 0) is 36.8 Å². The first-order valence-electron chi connectivity index (χ1n) is 10.8. The summed E-state index contributed by atoms with van der Waals surface area (Å²) < 4.78 is 14.8. The van der Waals surface area contributed by atoms with Gasteiger partial charge in [-0.1, -0.05) is 17.3 Å². The number of hydrogen-bond acceptors (Lipinski definition) is 6. The number of fused-ring (bicyclic) bond motifs is 2. The number of likely N-dealkylation sites (tertiary alicyclic amines) is 1. The van der Waals surface area contributed by atoms with Gasteiger partial charge in [0.1, 0.15) is 12.2 Å². The number of benzene rings is 1. The molecule has 2 aliphatic rings. The highest BCUT2D eigenvalue weighted by molar-refractivity contribution is 5.80. The SMILES string of the molecule is COCc1cn([C@@H]2C[C@@H]3CN(C(=O)Cn4cnc5ccccc54)C[C@@H]3C[C@H]2OC)nn1. The molecule has 1 aromatic carbocycles. The molecule has 0 bridgehead atoms. The highest BCUT2D eigenvalue weighted by Crippen LogP contribution is 2.42. The van der Waals surface area contributed by atoms with E-state index in [4.69, 9.17) is 9.47 Å². The van der Waals surface area contributed by atoms with Crippen molar-refractivity contribution in [3.8, 4) is 0 Å². The van der Waals surface area contributed by atoms with Crippen LogP contribution in [0.2, 0.25) is 0 Å². The molecule has 0 radical (unpaired) electrons. The Morgan fingerprint density at radius 3 is 2.77 bits per heavy atom. The topological polar surface area (TPSA) is 87.3 Å². The maximum absolute atomic E-state index is 13.1. The average Bonchev–Trinajstić information content (AvgIpc) is 3.51. The van der Waals surface area contributed by atoms with Crippen molar-refractivity contribution in [1.82, 2.24) is 29.4 Å². The van der Waals surface area contributed by atoms with Crippen molar-refractivity contribution in [3.63, 3.8) is 0 Å². The lowest BCUT2D eigenvalue weighted by Gasteiger charge is -2.36. The first kappa shape index (κ1) is 20.1. The first-order valence-corrected chi connectivity index (χ1v) is 10.8. The number of rotatable bonds is 6. The van der Waals surface area contributed by atoms with E-state index >= 15 is 0 Å². The van der Waals surface area contributed by atoms with Gasteiger partial charge in [0.25, 0.3) is 0 Å². The van der Waals surface area contributed by atoms with Gasteiger partial charge in [0.05, 0.1) is 42.3 Å². The molecule has 9 heteroatoms. The van der Waals surface area contributed by atoms with E-state index in [1.165, 1.54) is 0 Å². The Kier molecular flexibility index (Phi) is 5.45. The maximum atomic E-state index is 13.1. The molecule has 31 heavy (non-hydrogen) atoms. The van der Waals surface area contributed by atoms with Crippen LogP contribution in [0.5, 0.6) is 0 Å². The van der Waals surface area contributed by atoms with Crippen LogP contribution in [0, 0.1) is 11.8 Å². The molecule has 4 atom stereocenters. The van der Waals surface area contributed by atoms with Crippen molar-refractivity contribution in [1.29, 1.82) is 0 Å². The molecule has 1 aliphatic carbocycles. The van der Waals surface area contributed by atoms with Crippen molar-refractivity contribution < 1.29 is 14.3 Å². The van der Waals surface area contributed by atoms with Crippen LogP contribution < -0.4 is 0 Å². The lowest BCUT2D eigenvalue weighted by Crippen LogP contribution is -2.37. The fourth-order valence-corrected chi connectivity index (χ4v) is 5.20. The number of ether oxygens (including phenoxy) is 2. The van der Waals surface area contributed by atoms with E-state index in [-0.39, 0.29) is 18.1 Å². The molecular weight excluding hydrogens is 396 g/mol. The van der Waals surface area contributed by atoms with Crippen LogP contribution in [0.1, 0.15) is 24.6 Å². The smallest absolute Gasteiger partial charge is 0.242 e. The highest BCUT2D eigenvalue weighted by atomic mass is 16.5. The molecule has 5 rings (SSSR count). The van der Waals surface area contributed by atoms with Crippen molar-refractivity contribution in [2.24, 2.45) is 11.8 Å².